The van der Waals surface area contributed by atoms with E-state index in [0.717, 1.165) is 25.9 Å². The Bertz CT molecular complexity index is 428. The van der Waals surface area contributed by atoms with Gasteiger partial charge in [0.25, 0.3) is 0 Å². The van der Waals surface area contributed by atoms with Gasteiger partial charge in [0.2, 0.25) is 0 Å². The summed E-state index contributed by atoms with van der Waals surface area (Å²) in [6.07, 6.45) is 5.87. The van der Waals surface area contributed by atoms with Crippen molar-refractivity contribution >= 4 is 11.7 Å². The number of hydrogen-bond donors (Lipinski definition) is 1. The van der Waals surface area contributed by atoms with Crippen LogP contribution in [0.2, 0.25) is 0 Å². The summed E-state index contributed by atoms with van der Waals surface area (Å²) in [6.45, 7) is 4.28. The van der Waals surface area contributed by atoms with Crippen molar-refractivity contribution in [3.05, 3.63) is 24.0 Å². The van der Waals surface area contributed by atoms with Gasteiger partial charge in [-0.2, -0.15) is 0 Å². The lowest BCUT2D eigenvalue weighted by molar-refractivity contribution is -0.138. The van der Waals surface area contributed by atoms with Crippen molar-refractivity contribution in [2.75, 3.05) is 24.6 Å². The second-order valence-corrected chi connectivity index (χ2v) is 4.86. The number of ether oxygens (including phenoxy) is 1. The van der Waals surface area contributed by atoms with E-state index >= 15 is 0 Å². The Kier molecular flexibility index (Phi) is 4.74. The number of anilines is 1. The van der Waals surface area contributed by atoms with E-state index in [-0.39, 0.29) is 12.5 Å². The summed E-state index contributed by atoms with van der Waals surface area (Å²) in [5, 5.41) is 8.57. The van der Waals surface area contributed by atoms with E-state index in [1.165, 1.54) is 11.3 Å². The second kappa shape index (κ2) is 6.52. The van der Waals surface area contributed by atoms with Gasteiger partial charge in [0, 0.05) is 31.2 Å². The molecule has 0 aromatic carbocycles. The molecule has 0 aliphatic carbocycles. The summed E-state index contributed by atoms with van der Waals surface area (Å²) >= 11 is 0. The molecule has 0 radical (unpaired) electrons. The minimum Gasteiger partial charge on any atom is -0.481 e. The van der Waals surface area contributed by atoms with Crippen molar-refractivity contribution in [2.24, 2.45) is 0 Å². The van der Waals surface area contributed by atoms with E-state index in [2.05, 4.69) is 16.8 Å². The first kappa shape index (κ1) is 13.8. The average molecular weight is 264 g/mol. The third-order valence-electron chi connectivity index (χ3n) is 3.44. The van der Waals surface area contributed by atoms with Crippen molar-refractivity contribution < 1.29 is 14.6 Å². The van der Waals surface area contributed by atoms with Crippen LogP contribution in [0.5, 0.6) is 0 Å². The Morgan fingerprint density at radius 2 is 2.26 bits per heavy atom. The van der Waals surface area contributed by atoms with Crippen LogP contribution in [0, 0.1) is 6.92 Å². The first-order valence-corrected chi connectivity index (χ1v) is 6.66. The number of carboxylic acid groups (broad SMARTS) is 1. The van der Waals surface area contributed by atoms with Crippen LogP contribution in [0.1, 0.15) is 24.8 Å². The Morgan fingerprint density at radius 1 is 1.53 bits per heavy atom. The molecule has 0 atom stereocenters. The van der Waals surface area contributed by atoms with Crippen molar-refractivity contribution in [2.45, 2.75) is 32.3 Å². The zero-order valence-electron chi connectivity index (χ0n) is 11.2. The molecule has 104 valence electrons. The summed E-state index contributed by atoms with van der Waals surface area (Å²) < 4.78 is 5.59. The highest BCUT2D eigenvalue weighted by atomic mass is 16.5. The third kappa shape index (κ3) is 3.92. The number of rotatable bonds is 5. The monoisotopic (exact) mass is 264 g/mol. The van der Waals surface area contributed by atoms with Crippen molar-refractivity contribution in [3.8, 4) is 0 Å². The van der Waals surface area contributed by atoms with Crippen LogP contribution in [-0.4, -0.2) is 41.9 Å². The number of hydrogen-bond acceptors (Lipinski definition) is 4. The Labute approximate surface area is 113 Å². The summed E-state index contributed by atoms with van der Waals surface area (Å²) in [7, 11) is 0. The SMILES string of the molecule is Cc1cnccc1N1CCC(OCCC(=O)O)CC1. The van der Waals surface area contributed by atoms with Gasteiger partial charge in [-0.05, 0) is 31.4 Å². The minimum atomic E-state index is -0.801. The third-order valence-corrected chi connectivity index (χ3v) is 3.44. The van der Waals surface area contributed by atoms with Gasteiger partial charge in [0.05, 0.1) is 19.1 Å². The number of pyridine rings is 1. The molecule has 1 aromatic rings. The van der Waals surface area contributed by atoms with Crippen LogP contribution >= 0.6 is 0 Å². The molecule has 0 saturated carbocycles. The van der Waals surface area contributed by atoms with Crippen LogP contribution in [0.3, 0.4) is 0 Å². The number of nitrogens with zero attached hydrogens (tertiary/aromatic N) is 2. The molecule has 0 bridgehead atoms. The van der Waals surface area contributed by atoms with Crippen LogP contribution in [0.25, 0.3) is 0 Å². The van der Waals surface area contributed by atoms with E-state index in [4.69, 9.17) is 9.84 Å². The Balaban J connectivity index is 1.79. The number of aliphatic carboxylic acids is 1. The van der Waals surface area contributed by atoms with E-state index < -0.39 is 5.97 Å². The predicted octanol–water partition coefficient (Wildman–Crippen LogP) is 1.85. The first-order valence-electron chi connectivity index (χ1n) is 6.66. The summed E-state index contributed by atoms with van der Waals surface area (Å²) in [6, 6.07) is 2.04. The lowest BCUT2D eigenvalue weighted by Crippen LogP contribution is -2.37. The Morgan fingerprint density at radius 3 is 2.89 bits per heavy atom. The maximum atomic E-state index is 10.4. The normalized spacial score (nSPS) is 16.6. The van der Waals surface area contributed by atoms with E-state index in [1.807, 2.05) is 18.5 Å². The second-order valence-electron chi connectivity index (χ2n) is 4.86. The molecule has 1 aromatic heterocycles. The maximum Gasteiger partial charge on any atom is 0.305 e. The molecule has 5 nitrogen and oxygen atoms in total. The molecule has 5 heteroatoms. The molecule has 1 aliphatic rings. The van der Waals surface area contributed by atoms with Crippen LogP contribution in [-0.2, 0) is 9.53 Å². The van der Waals surface area contributed by atoms with E-state index in [1.54, 1.807) is 0 Å². The highest BCUT2D eigenvalue weighted by Crippen LogP contribution is 2.23. The number of carboxylic acids is 1. The van der Waals surface area contributed by atoms with Gasteiger partial charge in [0.1, 0.15) is 0 Å². The topological polar surface area (TPSA) is 62.7 Å². The zero-order valence-corrected chi connectivity index (χ0v) is 11.2. The van der Waals surface area contributed by atoms with Crippen LogP contribution in [0.4, 0.5) is 5.69 Å². The molecule has 2 heterocycles. The van der Waals surface area contributed by atoms with Crippen molar-refractivity contribution in [1.82, 2.24) is 4.98 Å². The van der Waals surface area contributed by atoms with Gasteiger partial charge in [-0.1, -0.05) is 0 Å². The van der Waals surface area contributed by atoms with Crippen molar-refractivity contribution in [1.29, 1.82) is 0 Å². The number of aromatic nitrogens is 1. The summed E-state index contributed by atoms with van der Waals surface area (Å²) in [5.74, 6) is -0.801. The lowest BCUT2D eigenvalue weighted by atomic mass is 10.1. The van der Waals surface area contributed by atoms with E-state index in [0.29, 0.717) is 6.61 Å². The largest absolute Gasteiger partial charge is 0.481 e. The smallest absolute Gasteiger partial charge is 0.305 e. The number of piperidine rings is 1. The minimum absolute atomic E-state index is 0.0870. The molecule has 19 heavy (non-hydrogen) atoms. The number of carbonyl (C=O) groups is 1. The van der Waals surface area contributed by atoms with Crippen molar-refractivity contribution in [3.63, 3.8) is 0 Å². The highest BCUT2D eigenvalue weighted by Gasteiger charge is 2.20. The standard InChI is InChI=1S/C14H20N2O3/c1-11-10-15-6-2-13(11)16-7-3-12(4-8-16)19-9-5-14(17)18/h2,6,10,12H,3-5,7-9H2,1H3,(H,17,18). The van der Waals surface area contributed by atoms with E-state index in [9.17, 15) is 4.79 Å². The highest BCUT2D eigenvalue weighted by molar-refractivity contribution is 5.66. The molecule has 1 fully saturated rings. The zero-order chi connectivity index (χ0) is 13.7. The van der Waals surface area contributed by atoms with Gasteiger partial charge in [-0.15, -0.1) is 0 Å². The molecule has 1 aliphatic heterocycles. The number of aryl methyl sites for hydroxylation is 1. The van der Waals surface area contributed by atoms with Crippen LogP contribution < -0.4 is 4.90 Å². The average Bonchev–Trinajstić information content (AvgIpc) is 2.40. The fraction of sp³-hybridized carbons (Fsp3) is 0.571. The van der Waals surface area contributed by atoms with Gasteiger partial charge >= 0.3 is 5.97 Å². The fourth-order valence-electron chi connectivity index (χ4n) is 2.40. The molecule has 2 rings (SSSR count). The Hall–Kier alpha value is -1.62. The predicted molar refractivity (Wildman–Crippen MR) is 72.4 cm³/mol. The molecule has 0 amide bonds. The quantitative estimate of drug-likeness (QED) is 0.879. The molecule has 0 unspecified atom stereocenters. The summed E-state index contributed by atoms with van der Waals surface area (Å²) in [4.78, 5) is 16.9. The lowest BCUT2D eigenvalue weighted by Gasteiger charge is -2.34. The van der Waals surface area contributed by atoms with Crippen LogP contribution in [0.15, 0.2) is 18.5 Å². The molecule has 0 spiro atoms. The van der Waals surface area contributed by atoms with Gasteiger partial charge < -0.3 is 14.7 Å². The maximum absolute atomic E-state index is 10.4. The summed E-state index contributed by atoms with van der Waals surface area (Å²) in [5.41, 5.74) is 2.42. The van der Waals surface area contributed by atoms with Gasteiger partial charge in [-0.25, -0.2) is 0 Å². The molecule has 1 N–H and O–H groups in total. The first-order chi connectivity index (χ1) is 9.16. The fourth-order valence-corrected chi connectivity index (χ4v) is 2.40. The molecular formula is C14H20N2O3. The van der Waals surface area contributed by atoms with Gasteiger partial charge in [-0.3, -0.25) is 9.78 Å². The molecular weight excluding hydrogens is 244 g/mol. The molecule has 1 saturated heterocycles. The van der Waals surface area contributed by atoms with Gasteiger partial charge in [0.15, 0.2) is 0 Å².